The van der Waals surface area contributed by atoms with Crippen LogP contribution in [0.4, 0.5) is 8.63 Å². The Morgan fingerprint density at radius 3 is 2.17 bits per heavy atom. The van der Waals surface area contributed by atoms with Crippen LogP contribution in [0, 0.1) is 13.8 Å². The molecule has 6 nitrogen and oxygen atoms in total. The highest BCUT2D eigenvalue weighted by atomic mass is 19.2. The monoisotopic (exact) mass is 486 g/mol. The molecule has 2 aliphatic heterocycles. The zero-order valence-corrected chi connectivity index (χ0v) is 21.1. The highest BCUT2D eigenvalue weighted by Crippen LogP contribution is 2.44. The number of methoxy groups -OCH3 is 1. The average molecular weight is 486 g/mol. The van der Waals surface area contributed by atoms with Gasteiger partial charge in [0, 0.05) is 31.4 Å². The van der Waals surface area contributed by atoms with Gasteiger partial charge in [-0.2, -0.15) is 0 Å². The van der Waals surface area contributed by atoms with Gasteiger partial charge < -0.3 is 36.5 Å². The quantitative estimate of drug-likeness (QED) is 0.344. The van der Waals surface area contributed by atoms with Crippen LogP contribution >= 0.6 is 0 Å². The van der Waals surface area contributed by atoms with Gasteiger partial charge in [-0.25, -0.2) is 0 Å². The minimum absolute atomic E-state index is 0.408. The number of hydrogen-bond donors (Lipinski definition) is 0. The first kappa shape index (κ1) is 25.4. The fourth-order valence-corrected chi connectivity index (χ4v) is 4.97. The summed E-state index contributed by atoms with van der Waals surface area (Å²) in [6.07, 6.45) is 1.84. The van der Waals surface area contributed by atoms with E-state index in [-0.39, 0.29) is 0 Å². The Kier molecular flexibility index (Phi) is 7.59. The molecule has 2 aliphatic rings. The molecular weight excluding hydrogens is 453 g/mol. The molecule has 0 spiro atoms. The molecule has 0 radical (unpaired) electrons. The maximum atomic E-state index is 15.7. The number of aromatic nitrogens is 1. The fraction of sp³-hybridized carbons (Fsp3) is 0.423. The molecule has 0 bridgehead atoms. The largest absolute Gasteiger partial charge is 0.737 e. The lowest BCUT2D eigenvalue weighted by Crippen LogP contribution is -2.51. The van der Waals surface area contributed by atoms with Gasteiger partial charge in [-0.15, -0.1) is 0 Å². The zero-order chi connectivity index (χ0) is 25.2. The predicted molar refractivity (Wildman–Crippen MR) is 133 cm³/mol. The third kappa shape index (κ3) is 4.85. The summed E-state index contributed by atoms with van der Waals surface area (Å²) in [6.45, 7) is 6.28. The standard InChI is InChI=1S/C26H33BF2N2O4/c1-18-16-20(3)30-25(18)24(26-19(2)17-21(4)31(26)27(30,28)29)22-6-8-23(9-7-22)35-15-14-34-13-12-33-11-10-32-5/h6-9,16-17H,10-15H2,1-5H3. The van der Waals surface area contributed by atoms with Crippen molar-refractivity contribution >= 4 is 18.3 Å². The molecule has 0 aliphatic carbocycles. The van der Waals surface area contributed by atoms with Crippen molar-refractivity contribution in [1.29, 1.82) is 0 Å². The Labute approximate surface area is 205 Å². The van der Waals surface area contributed by atoms with Gasteiger partial charge in [0.25, 0.3) is 0 Å². The van der Waals surface area contributed by atoms with E-state index < -0.39 is 6.97 Å². The molecule has 35 heavy (non-hydrogen) atoms. The molecule has 0 saturated heterocycles. The molecule has 3 heterocycles. The zero-order valence-electron chi connectivity index (χ0n) is 21.1. The van der Waals surface area contributed by atoms with Crippen LogP contribution in [0.3, 0.4) is 0 Å². The minimum atomic E-state index is -3.97. The third-order valence-corrected chi connectivity index (χ3v) is 6.38. The van der Waals surface area contributed by atoms with Crippen LogP contribution in [-0.4, -0.2) is 68.4 Å². The van der Waals surface area contributed by atoms with Gasteiger partial charge in [-0.1, -0.05) is 12.1 Å². The summed E-state index contributed by atoms with van der Waals surface area (Å²) in [7, 11) is 1.64. The maximum Gasteiger partial charge on any atom is 0.737 e. The minimum Gasteiger partial charge on any atom is -0.491 e. The first-order valence-corrected chi connectivity index (χ1v) is 11.9. The van der Waals surface area contributed by atoms with E-state index in [0.29, 0.717) is 68.2 Å². The van der Waals surface area contributed by atoms with Gasteiger partial charge in [0.15, 0.2) is 5.70 Å². The molecule has 0 N–H and O–H groups in total. The molecule has 0 saturated carbocycles. The van der Waals surface area contributed by atoms with Crippen LogP contribution in [0.2, 0.25) is 0 Å². The van der Waals surface area contributed by atoms with Gasteiger partial charge >= 0.3 is 6.97 Å². The van der Waals surface area contributed by atoms with Crippen molar-refractivity contribution in [3.8, 4) is 5.75 Å². The normalized spacial score (nSPS) is 16.5. The number of benzene rings is 1. The summed E-state index contributed by atoms with van der Waals surface area (Å²) in [5.41, 5.74) is 5.64. The molecule has 1 aromatic carbocycles. The smallest absolute Gasteiger partial charge is 0.491 e. The summed E-state index contributed by atoms with van der Waals surface area (Å²) in [4.78, 5) is 0. The molecule has 4 rings (SSSR count). The van der Waals surface area contributed by atoms with Crippen molar-refractivity contribution in [2.24, 2.45) is 0 Å². The molecule has 188 valence electrons. The summed E-state index contributed by atoms with van der Waals surface area (Å²) >= 11 is 0. The Bertz CT molecular complexity index is 1180. The van der Waals surface area contributed by atoms with Crippen LogP contribution < -0.4 is 4.74 Å². The van der Waals surface area contributed by atoms with Crippen LogP contribution in [0.1, 0.15) is 36.4 Å². The fourth-order valence-electron chi connectivity index (χ4n) is 4.97. The number of aryl methyl sites for hydroxylation is 2. The average Bonchev–Trinajstić information content (AvgIpc) is 3.29. The SMILES string of the molecule is COCCOCCOCCOc1ccc(C2=C3C(C)=CC(C)=[N+]3[B-](F)(F)n3c(C)cc(C)c32)cc1. The Morgan fingerprint density at radius 1 is 0.886 bits per heavy atom. The highest BCUT2D eigenvalue weighted by molar-refractivity contribution is 6.58. The van der Waals surface area contributed by atoms with E-state index in [1.54, 1.807) is 21.0 Å². The van der Waals surface area contributed by atoms with E-state index >= 15 is 8.63 Å². The lowest BCUT2D eigenvalue weighted by atomic mass is 9.84. The highest BCUT2D eigenvalue weighted by Gasteiger charge is 2.55. The topological polar surface area (TPSA) is 44.9 Å². The number of allylic oxidation sites excluding steroid dienone is 2. The van der Waals surface area contributed by atoms with Gasteiger partial charge in [0.1, 0.15) is 18.1 Å². The lowest BCUT2D eigenvalue weighted by Gasteiger charge is -2.34. The number of rotatable bonds is 11. The summed E-state index contributed by atoms with van der Waals surface area (Å²) in [5.74, 6) is 0.700. The molecule has 0 atom stereocenters. The van der Waals surface area contributed by atoms with Crippen molar-refractivity contribution in [2.75, 3.05) is 46.8 Å². The van der Waals surface area contributed by atoms with Gasteiger partial charge in [0.05, 0.1) is 38.6 Å². The van der Waals surface area contributed by atoms with Crippen molar-refractivity contribution < 1.29 is 32.1 Å². The van der Waals surface area contributed by atoms with E-state index in [4.69, 9.17) is 18.9 Å². The van der Waals surface area contributed by atoms with E-state index in [2.05, 4.69) is 0 Å². The van der Waals surface area contributed by atoms with E-state index in [0.717, 1.165) is 22.3 Å². The Hall–Kier alpha value is -2.75. The molecule has 0 amide bonds. The maximum absolute atomic E-state index is 15.7. The molecular formula is C26H33BF2N2O4. The van der Waals surface area contributed by atoms with Crippen LogP contribution in [0.25, 0.3) is 5.57 Å². The number of hydrogen-bond acceptors (Lipinski definition) is 4. The van der Waals surface area contributed by atoms with Gasteiger partial charge in [-0.05, 0) is 55.8 Å². The van der Waals surface area contributed by atoms with Crippen molar-refractivity contribution in [2.45, 2.75) is 27.7 Å². The molecule has 2 aromatic rings. The van der Waals surface area contributed by atoms with E-state index in [1.807, 2.05) is 50.3 Å². The number of fused-ring (bicyclic) bond motifs is 2. The second kappa shape index (κ2) is 10.5. The second-order valence-corrected chi connectivity index (χ2v) is 8.93. The number of ether oxygens (including phenoxy) is 4. The van der Waals surface area contributed by atoms with Crippen molar-refractivity contribution in [3.63, 3.8) is 0 Å². The third-order valence-electron chi connectivity index (χ3n) is 6.38. The molecule has 1 aromatic heterocycles. The van der Waals surface area contributed by atoms with Crippen LogP contribution in [0.15, 0.2) is 47.7 Å². The Balaban J connectivity index is 1.51. The van der Waals surface area contributed by atoms with Gasteiger partial charge in [0.2, 0.25) is 0 Å². The van der Waals surface area contributed by atoms with Crippen molar-refractivity contribution in [3.05, 3.63) is 70.2 Å². The van der Waals surface area contributed by atoms with Crippen molar-refractivity contribution in [1.82, 2.24) is 4.48 Å². The molecule has 0 unspecified atom stereocenters. The molecule has 0 fully saturated rings. The summed E-state index contributed by atoms with van der Waals surface area (Å²) < 4.78 is 55.5. The number of halogens is 2. The van der Waals surface area contributed by atoms with Gasteiger partial charge in [-0.3, -0.25) is 0 Å². The predicted octanol–water partition coefficient (Wildman–Crippen LogP) is 4.59. The number of nitrogens with zero attached hydrogens (tertiary/aromatic N) is 2. The van der Waals surface area contributed by atoms with Crippen LogP contribution in [-0.2, 0) is 14.2 Å². The second-order valence-electron chi connectivity index (χ2n) is 8.93. The van der Waals surface area contributed by atoms with E-state index in [9.17, 15) is 0 Å². The summed E-state index contributed by atoms with van der Waals surface area (Å²) in [5, 5.41) is 0. The van der Waals surface area contributed by atoms with E-state index in [1.165, 1.54) is 8.96 Å². The first-order valence-electron chi connectivity index (χ1n) is 11.9. The van der Waals surface area contributed by atoms with Crippen LogP contribution in [0.5, 0.6) is 5.75 Å². The lowest BCUT2D eigenvalue weighted by molar-refractivity contribution is -0.363. The first-order chi connectivity index (χ1) is 16.8. The molecule has 9 heteroatoms. The Morgan fingerprint density at radius 2 is 1.51 bits per heavy atom. The summed E-state index contributed by atoms with van der Waals surface area (Å²) in [6, 6.07) is 9.45.